The van der Waals surface area contributed by atoms with Crippen LogP contribution in [0.15, 0.2) is 48.5 Å². The summed E-state index contributed by atoms with van der Waals surface area (Å²) in [6, 6.07) is 13.9. The highest BCUT2D eigenvalue weighted by Crippen LogP contribution is 2.26. The molecule has 20 heavy (non-hydrogen) atoms. The summed E-state index contributed by atoms with van der Waals surface area (Å²) in [5.74, 6) is 0. The lowest BCUT2D eigenvalue weighted by Gasteiger charge is -2.14. The van der Waals surface area contributed by atoms with Gasteiger partial charge in [0, 0.05) is 11.4 Å². The Morgan fingerprint density at radius 1 is 1.10 bits per heavy atom. The first-order valence-corrected chi connectivity index (χ1v) is 6.79. The van der Waals surface area contributed by atoms with Gasteiger partial charge in [0.1, 0.15) is 0 Å². The summed E-state index contributed by atoms with van der Waals surface area (Å²) in [5.41, 5.74) is 17.4. The Balaban J connectivity index is 2.30. The van der Waals surface area contributed by atoms with E-state index in [2.05, 4.69) is 49.5 Å². The Morgan fingerprint density at radius 2 is 1.80 bits per heavy atom. The zero-order chi connectivity index (χ0) is 14.5. The Labute approximate surface area is 120 Å². The average Bonchev–Trinajstić information content (AvgIpc) is 2.42. The largest absolute Gasteiger partial charge is 0.399 e. The molecule has 0 aromatic heterocycles. The van der Waals surface area contributed by atoms with Crippen LogP contribution in [0.4, 0.5) is 17.1 Å². The Kier molecular flexibility index (Phi) is 4.31. The number of allylic oxidation sites excluding steroid dienone is 1. The number of hydrogen-bond donors (Lipinski definition) is 3. The maximum atomic E-state index is 6.00. The number of nitrogen functional groups attached to an aromatic ring is 2. The highest BCUT2D eigenvalue weighted by molar-refractivity contribution is 5.83. The minimum Gasteiger partial charge on any atom is -0.399 e. The van der Waals surface area contributed by atoms with Crippen LogP contribution in [0.1, 0.15) is 24.5 Å². The van der Waals surface area contributed by atoms with Gasteiger partial charge in [0.2, 0.25) is 0 Å². The van der Waals surface area contributed by atoms with Crippen LogP contribution < -0.4 is 16.8 Å². The molecule has 0 saturated carbocycles. The number of nitrogens with one attached hydrogen (secondary N) is 1. The van der Waals surface area contributed by atoms with Gasteiger partial charge in [-0.15, -0.1) is 0 Å². The molecular weight excluding hydrogens is 246 g/mol. The van der Waals surface area contributed by atoms with Crippen molar-refractivity contribution in [2.45, 2.75) is 20.3 Å². The van der Waals surface area contributed by atoms with E-state index in [-0.39, 0.29) is 0 Å². The zero-order valence-corrected chi connectivity index (χ0v) is 12.0. The van der Waals surface area contributed by atoms with Crippen molar-refractivity contribution >= 4 is 22.8 Å². The quantitative estimate of drug-likeness (QED) is 0.733. The molecule has 0 aliphatic rings. The van der Waals surface area contributed by atoms with Crippen molar-refractivity contribution in [2.75, 3.05) is 16.8 Å². The minimum atomic E-state index is 0.652. The van der Waals surface area contributed by atoms with Crippen molar-refractivity contribution < 1.29 is 0 Å². The molecule has 2 aromatic carbocycles. The fourth-order valence-corrected chi connectivity index (χ4v) is 2.02. The second kappa shape index (κ2) is 6.15. The first-order chi connectivity index (χ1) is 9.60. The van der Waals surface area contributed by atoms with Crippen molar-refractivity contribution in [3.63, 3.8) is 0 Å². The van der Waals surface area contributed by atoms with E-state index in [0.29, 0.717) is 11.4 Å². The third kappa shape index (κ3) is 3.32. The zero-order valence-electron chi connectivity index (χ0n) is 12.0. The van der Waals surface area contributed by atoms with Crippen LogP contribution >= 0.6 is 0 Å². The molecule has 0 amide bonds. The minimum absolute atomic E-state index is 0.652. The monoisotopic (exact) mass is 267 g/mol. The third-order valence-corrected chi connectivity index (χ3v) is 3.12. The summed E-state index contributed by atoms with van der Waals surface area (Å²) in [6.45, 7) is 4.20. The van der Waals surface area contributed by atoms with Gasteiger partial charge in [-0.1, -0.05) is 42.8 Å². The highest BCUT2D eigenvalue weighted by Gasteiger charge is 2.04. The van der Waals surface area contributed by atoms with Crippen molar-refractivity contribution in [2.24, 2.45) is 0 Å². The lowest BCUT2D eigenvalue weighted by atomic mass is 10.1. The molecule has 0 spiro atoms. The van der Waals surface area contributed by atoms with E-state index in [1.54, 1.807) is 6.07 Å². The van der Waals surface area contributed by atoms with Gasteiger partial charge in [0.05, 0.1) is 11.4 Å². The van der Waals surface area contributed by atoms with Gasteiger partial charge in [0.15, 0.2) is 0 Å². The van der Waals surface area contributed by atoms with Crippen LogP contribution in [0.2, 0.25) is 0 Å². The first-order valence-electron chi connectivity index (χ1n) is 6.79. The number of anilines is 3. The van der Waals surface area contributed by atoms with E-state index in [0.717, 1.165) is 23.4 Å². The van der Waals surface area contributed by atoms with Crippen LogP contribution in [-0.2, 0) is 0 Å². The number of nitrogens with two attached hydrogens (primary N) is 2. The molecule has 0 fully saturated rings. The molecule has 0 bridgehead atoms. The maximum Gasteiger partial charge on any atom is 0.0619 e. The molecule has 5 N–H and O–H groups in total. The third-order valence-electron chi connectivity index (χ3n) is 3.12. The van der Waals surface area contributed by atoms with Gasteiger partial charge in [-0.3, -0.25) is 0 Å². The van der Waals surface area contributed by atoms with Gasteiger partial charge in [-0.25, -0.2) is 0 Å². The Morgan fingerprint density at radius 3 is 2.40 bits per heavy atom. The summed E-state index contributed by atoms with van der Waals surface area (Å²) in [7, 11) is 0. The van der Waals surface area contributed by atoms with Gasteiger partial charge >= 0.3 is 0 Å². The molecule has 3 heteroatoms. The molecule has 0 radical (unpaired) electrons. The fraction of sp³-hybridized carbons (Fsp3) is 0.176. The Hall–Kier alpha value is -2.42. The number of benzene rings is 2. The average molecular weight is 267 g/mol. The molecule has 0 saturated heterocycles. The van der Waals surface area contributed by atoms with E-state index in [4.69, 9.17) is 11.5 Å². The summed E-state index contributed by atoms with van der Waals surface area (Å²) < 4.78 is 0. The van der Waals surface area contributed by atoms with Crippen LogP contribution in [0.3, 0.4) is 0 Å². The number of rotatable bonds is 4. The van der Waals surface area contributed by atoms with E-state index in [1.165, 1.54) is 5.56 Å². The van der Waals surface area contributed by atoms with Crippen LogP contribution in [-0.4, -0.2) is 0 Å². The number of hydrogen-bond acceptors (Lipinski definition) is 3. The molecule has 104 valence electrons. The molecule has 0 atom stereocenters. The lowest BCUT2D eigenvalue weighted by Crippen LogP contribution is -2.02. The predicted molar refractivity (Wildman–Crippen MR) is 88.3 cm³/mol. The van der Waals surface area contributed by atoms with Gasteiger partial charge in [-0.05, 0) is 37.1 Å². The first kappa shape index (κ1) is 14.0. The fourth-order valence-electron chi connectivity index (χ4n) is 2.02. The normalized spacial score (nSPS) is 11.4. The lowest BCUT2D eigenvalue weighted by molar-refractivity contribution is 1.22. The van der Waals surface area contributed by atoms with Gasteiger partial charge in [0.25, 0.3) is 0 Å². The topological polar surface area (TPSA) is 64.1 Å². The summed E-state index contributed by atoms with van der Waals surface area (Å²) >= 11 is 0. The standard InChI is InChI=1S/C17H21N3/c1-3-4-16(13-7-5-12(2)6-8-13)20-17-10-9-14(18)11-15(17)19/h4-11,20H,3,18-19H2,1-2H3/b16-4-. The van der Waals surface area contributed by atoms with Crippen molar-refractivity contribution in [3.05, 3.63) is 59.7 Å². The second-order valence-electron chi connectivity index (χ2n) is 4.86. The molecule has 2 rings (SSSR count). The van der Waals surface area contributed by atoms with Crippen LogP contribution in [0, 0.1) is 6.92 Å². The molecule has 0 unspecified atom stereocenters. The van der Waals surface area contributed by atoms with Crippen LogP contribution in [0.5, 0.6) is 0 Å². The summed E-state index contributed by atoms with van der Waals surface area (Å²) in [4.78, 5) is 0. The molecule has 3 nitrogen and oxygen atoms in total. The molecule has 0 heterocycles. The van der Waals surface area contributed by atoms with E-state index < -0.39 is 0 Å². The SMILES string of the molecule is CC/C=C(\Nc1ccc(N)cc1N)c1ccc(C)cc1. The maximum absolute atomic E-state index is 6.00. The van der Waals surface area contributed by atoms with Gasteiger partial charge < -0.3 is 16.8 Å². The smallest absolute Gasteiger partial charge is 0.0619 e. The van der Waals surface area contributed by atoms with Crippen LogP contribution in [0.25, 0.3) is 5.70 Å². The molecule has 2 aromatic rings. The van der Waals surface area contributed by atoms with Crippen molar-refractivity contribution in [1.82, 2.24) is 0 Å². The number of aryl methyl sites for hydroxylation is 1. The summed E-state index contributed by atoms with van der Waals surface area (Å²) in [5, 5.41) is 3.39. The van der Waals surface area contributed by atoms with Crippen molar-refractivity contribution in [1.29, 1.82) is 0 Å². The molecular formula is C17H21N3. The van der Waals surface area contributed by atoms with E-state index >= 15 is 0 Å². The predicted octanol–water partition coefficient (Wildman–Crippen LogP) is 4.02. The molecule has 0 aliphatic heterocycles. The summed E-state index contributed by atoms with van der Waals surface area (Å²) in [6.07, 6.45) is 3.10. The Bertz CT molecular complexity index is 613. The van der Waals surface area contributed by atoms with Crippen molar-refractivity contribution in [3.8, 4) is 0 Å². The van der Waals surface area contributed by atoms with E-state index in [1.807, 2.05) is 12.1 Å². The highest BCUT2D eigenvalue weighted by atomic mass is 14.9. The van der Waals surface area contributed by atoms with E-state index in [9.17, 15) is 0 Å². The molecule has 0 aliphatic carbocycles. The van der Waals surface area contributed by atoms with Gasteiger partial charge in [-0.2, -0.15) is 0 Å². The second-order valence-corrected chi connectivity index (χ2v) is 4.86.